The molecule has 16 heavy (non-hydrogen) atoms. The molecule has 0 aliphatic carbocycles. The van der Waals surface area contributed by atoms with E-state index in [1.54, 1.807) is 0 Å². The summed E-state index contributed by atoms with van der Waals surface area (Å²) in [6, 6.07) is 13.0. The fourth-order valence-corrected chi connectivity index (χ4v) is 1.81. The Labute approximate surface area is 98.1 Å². The summed E-state index contributed by atoms with van der Waals surface area (Å²) in [7, 11) is 0. The van der Waals surface area contributed by atoms with Crippen LogP contribution in [0.3, 0.4) is 0 Å². The van der Waals surface area contributed by atoms with Crippen LogP contribution < -0.4 is 4.74 Å². The maximum Gasteiger partial charge on any atom is 0.152 e. The first kappa shape index (κ1) is 10.7. The van der Waals surface area contributed by atoms with Crippen molar-refractivity contribution in [2.45, 2.75) is 6.10 Å². The SMILES string of the molecule is OC(C#COc1ccccc1)c1cccs1. The van der Waals surface area contributed by atoms with Crippen molar-refractivity contribution in [2.75, 3.05) is 0 Å². The molecule has 0 spiro atoms. The summed E-state index contributed by atoms with van der Waals surface area (Å²) in [4.78, 5) is 0.823. The monoisotopic (exact) mass is 230 g/mol. The lowest BCUT2D eigenvalue weighted by molar-refractivity contribution is 0.241. The highest BCUT2D eigenvalue weighted by atomic mass is 32.1. The van der Waals surface area contributed by atoms with Crippen LogP contribution in [0.15, 0.2) is 47.8 Å². The number of rotatable bonds is 2. The molecule has 80 valence electrons. The van der Waals surface area contributed by atoms with E-state index < -0.39 is 6.10 Å². The van der Waals surface area contributed by atoms with E-state index in [1.807, 2.05) is 47.8 Å². The van der Waals surface area contributed by atoms with Crippen LogP contribution in [0.25, 0.3) is 0 Å². The van der Waals surface area contributed by atoms with Crippen LogP contribution in [0.5, 0.6) is 5.75 Å². The molecule has 0 fully saturated rings. The minimum Gasteiger partial charge on any atom is -0.407 e. The Morgan fingerprint density at radius 3 is 2.62 bits per heavy atom. The van der Waals surface area contributed by atoms with Gasteiger partial charge >= 0.3 is 0 Å². The number of benzene rings is 1. The average Bonchev–Trinajstić information content (AvgIpc) is 2.84. The van der Waals surface area contributed by atoms with Crippen LogP contribution in [0.1, 0.15) is 11.0 Å². The van der Waals surface area contributed by atoms with E-state index >= 15 is 0 Å². The van der Waals surface area contributed by atoms with E-state index in [9.17, 15) is 5.11 Å². The topological polar surface area (TPSA) is 29.5 Å². The van der Waals surface area contributed by atoms with Gasteiger partial charge in [-0.15, -0.1) is 11.3 Å². The first-order valence-electron chi connectivity index (χ1n) is 4.80. The third-order valence-electron chi connectivity index (χ3n) is 1.92. The molecule has 0 aliphatic heterocycles. The molecular weight excluding hydrogens is 220 g/mol. The number of ether oxygens (including phenoxy) is 1. The van der Waals surface area contributed by atoms with Crippen LogP contribution >= 0.6 is 11.3 Å². The molecule has 2 nitrogen and oxygen atoms in total. The van der Waals surface area contributed by atoms with Crippen molar-refractivity contribution >= 4 is 11.3 Å². The Balaban J connectivity index is 1.96. The summed E-state index contributed by atoms with van der Waals surface area (Å²) in [6.45, 7) is 0. The summed E-state index contributed by atoms with van der Waals surface area (Å²) in [5.41, 5.74) is 0. The molecule has 1 N–H and O–H groups in total. The second-order valence-corrected chi connectivity index (χ2v) is 4.06. The second kappa shape index (κ2) is 5.36. The van der Waals surface area contributed by atoms with Crippen LogP contribution in [0, 0.1) is 12.0 Å². The lowest BCUT2D eigenvalue weighted by Gasteiger charge is -1.98. The van der Waals surface area contributed by atoms with Crippen LogP contribution in [0.2, 0.25) is 0 Å². The molecule has 1 heterocycles. The first-order valence-corrected chi connectivity index (χ1v) is 5.68. The lowest BCUT2D eigenvalue weighted by atomic mass is 10.3. The number of para-hydroxylation sites is 1. The molecule has 0 saturated heterocycles. The van der Waals surface area contributed by atoms with Gasteiger partial charge in [0.15, 0.2) is 6.10 Å². The number of thiophene rings is 1. The van der Waals surface area contributed by atoms with Crippen molar-refractivity contribution in [1.82, 2.24) is 0 Å². The summed E-state index contributed by atoms with van der Waals surface area (Å²) in [5.74, 6) is 3.30. The third-order valence-corrected chi connectivity index (χ3v) is 2.85. The Morgan fingerprint density at radius 1 is 1.12 bits per heavy atom. The van der Waals surface area contributed by atoms with Gasteiger partial charge in [-0.25, -0.2) is 0 Å². The molecule has 1 unspecified atom stereocenters. The minimum absolute atomic E-state index is 0.674. The van der Waals surface area contributed by atoms with E-state index in [2.05, 4.69) is 12.0 Å². The van der Waals surface area contributed by atoms with E-state index in [-0.39, 0.29) is 0 Å². The van der Waals surface area contributed by atoms with Gasteiger partial charge in [0.2, 0.25) is 0 Å². The number of hydrogen-bond acceptors (Lipinski definition) is 3. The quantitative estimate of drug-likeness (QED) is 0.804. The number of aliphatic hydroxyl groups excluding tert-OH is 1. The van der Waals surface area contributed by atoms with Crippen molar-refractivity contribution in [2.24, 2.45) is 0 Å². The van der Waals surface area contributed by atoms with E-state index in [0.29, 0.717) is 5.75 Å². The van der Waals surface area contributed by atoms with Gasteiger partial charge in [0, 0.05) is 4.88 Å². The largest absolute Gasteiger partial charge is 0.407 e. The number of hydrogen-bond donors (Lipinski definition) is 1. The van der Waals surface area contributed by atoms with Gasteiger partial charge in [-0.3, -0.25) is 0 Å². The zero-order chi connectivity index (χ0) is 11.2. The summed E-state index contributed by atoms with van der Waals surface area (Å²) in [6.07, 6.45) is 1.72. The van der Waals surface area contributed by atoms with Crippen LogP contribution in [-0.2, 0) is 0 Å². The van der Waals surface area contributed by atoms with Crippen molar-refractivity contribution in [1.29, 1.82) is 0 Å². The average molecular weight is 230 g/mol. The molecule has 0 saturated carbocycles. The molecule has 1 aromatic carbocycles. The van der Waals surface area contributed by atoms with E-state index in [0.717, 1.165) is 4.88 Å². The molecule has 2 rings (SSSR count). The fourth-order valence-electron chi connectivity index (χ4n) is 1.15. The van der Waals surface area contributed by atoms with Gasteiger partial charge in [0.1, 0.15) is 11.9 Å². The zero-order valence-electron chi connectivity index (χ0n) is 8.46. The van der Waals surface area contributed by atoms with E-state index in [4.69, 9.17) is 4.74 Å². The van der Waals surface area contributed by atoms with Gasteiger partial charge < -0.3 is 9.84 Å². The minimum atomic E-state index is -0.774. The maximum atomic E-state index is 9.64. The molecule has 0 radical (unpaired) electrons. The third kappa shape index (κ3) is 2.86. The second-order valence-electron chi connectivity index (χ2n) is 3.08. The molecule has 0 aliphatic rings. The van der Waals surface area contributed by atoms with Gasteiger partial charge in [0.25, 0.3) is 0 Å². The molecule has 0 amide bonds. The lowest BCUT2D eigenvalue weighted by Crippen LogP contribution is -1.90. The summed E-state index contributed by atoms with van der Waals surface area (Å²) >= 11 is 1.47. The van der Waals surface area contributed by atoms with E-state index in [1.165, 1.54) is 11.3 Å². The Morgan fingerprint density at radius 2 is 1.94 bits per heavy atom. The normalized spacial score (nSPS) is 11.3. The predicted octanol–water partition coefficient (Wildman–Crippen LogP) is 2.82. The molecular formula is C13H10O2S. The highest BCUT2D eigenvalue weighted by Gasteiger charge is 2.03. The fraction of sp³-hybridized carbons (Fsp3) is 0.0769. The van der Waals surface area contributed by atoms with Crippen LogP contribution in [-0.4, -0.2) is 5.11 Å². The molecule has 1 aromatic heterocycles. The van der Waals surface area contributed by atoms with Crippen molar-refractivity contribution in [3.05, 3.63) is 52.7 Å². The smallest absolute Gasteiger partial charge is 0.152 e. The predicted molar refractivity (Wildman–Crippen MR) is 64.1 cm³/mol. The first-order chi connectivity index (χ1) is 7.86. The van der Waals surface area contributed by atoms with Crippen molar-refractivity contribution in [3.63, 3.8) is 0 Å². The molecule has 2 aromatic rings. The Bertz CT molecular complexity index is 480. The highest BCUT2D eigenvalue weighted by molar-refractivity contribution is 7.10. The van der Waals surface area contributed by atoms with Crippen LogP contribution in [0.4, 0.5) is 0 Å². The Kier molecular flexibility index (Phi) is 3.60. The zero-order valence-corrected chi connectivity index (χ0v) is 9.28. The maximum absolute atomic E-state index is 9.64. The van der Waals surface area contributed by atoms with Crippen molar-refractivity contribution in [3.8, 4) is 17.8 Å². The summed E-state index contributed by atoms with van der Waals surface area (Å²) < 4.78 is 5.16. The molecule has 3 heteroatoms. The molecule has 1 atom stereocenters. The Hall–Kier alpha value is -1.76. The highest BCUT2D eigenvalue weighted by Crippen LogP contribution is 2.17. The standard InChI is InChI=1S/C13H10O2S/c14-12(13-7-4-10-16-13)8-9-15-11-5-2-1-3-6-11/h1-7,10,12,14H. The van der Waals surface area contributed by atoms with Crippen molar-refractivity contribution < 1.29 is 9.84 Å². The van der Waals surface area contributed by atoms with Gasteiger partial charge in [-0.2, -0.15) is 0 Å². The molecule has 0 bridgehead atoms. The van der Waals surface area contributed by atoms with Gasteiger partial charge in [-0.05, 0) is 29.5 Å². The van der Waals surface area contributed by atoms with Gasteiger partial charge in [0.05, 0.1) is 0 Å². The number of aliphatic hydroxyl groups is 1. The summed E-state index contributed by atoms with van der Waals surface area (Å²) in [5, 5.41) is 11.5. The van der Waals surface area contributed by atoms with Gasteiger partial charge in [-0.1, -0.05) is 24.3 Å².